The van der Waals surface area contributed by atoms with Crippen LogP contribution in [0.15, 0.2) is 115 Å². The first-order valence-electron chi connectivity index (χ1n) is 15.9. The van der Waals surface area contributed by atoms with E-state index in [0.717, 1.165) is 6.42 Å². The molecule has 4 aromatic carbocycles. The molecule has 0 aromatic heterocycles. The fourth-order valence-corrected chi connectivity index (χ4v) is 8.14. The molecule has 4 aromatic rings. The fourth-order valence-electron chi connectivity index (χ4n) is 8.14. The van der Waals surface area contributed by atoms with Gasteiger partial charge in [0, 0.05) is 41.6 Å². The zero-order valence-corrected chi connectivity index (χ0v) is 27.6. The average Bonchev–Trinajstić information content (AvgIpc) is 3.37. The summed E-state index contributed by atoms with van der Waals surface area (Å²) in [6, 6.07) is 33.5. The average molecular weight is 669 g/mol. The molecule has 1 atom stereocenters. The summed E-state index contributed by atoms with van der Waals surface area (Å²) in [4.78, 5) is 2.41. The van der Waals surface area contributed by atoms with Crippen LogP contribution in [-0.4, -0.2) is 24.4 Å². The number of anilines is 1. The summed E-state index contributed by atoms with van der Waals surface area (Å²) < 4.78 is 61.7. The molecule has 248 valence electrons. The van der Waals surface area contributed by atoms with Gasteiger partial charge in [0.15, 0.2) is 5.71 Å². The van der Waals surface area contributed by atoms with Gasteiger partial charge in [0.05, 0.1) is 5.41 Å². The molecule has 0 saturated heterocycles. The van der Waals surface area contributed by atoms with E-state index in [4.69, 9.17) is 0 Å². The molecule has 2 heterocycles. The summed E-state index contributed by atoms with van der Waals surface area (Å²) in [7, 11) is -6.15. The Labute approximate surface area is 272 Å². The number of likely N-dealkylation sites (N-methyl/N-ethyl adjacent to an activating group) is 1. The Morgan fingerprint density at radius 1 is 0.787 bits per heavy atom. The van der Waals surface area contributed by atoms with E-state index < -0.39 is 7.81 Å². The zero-order valence-electron chi connectivity index (χ0n) is 26.7. The van der Waals surface area contributed by atoms with Gasteiger partial charge in [-0.3, -0.25) is 0 Å². The minimum atomic E-state index is -10.7. The van der Waals surface area contributed by atoms with Crippen LogP contribution in [0.1, 0.15) is 55.7 Å². The van der Waals surface area contributed by atoms with E-state index in [2.05, 4.69) is 140 Å². The Morgan fingerprint density at radius 3 is 2.11 bits per heavy atom. The van der Waals surface area contributed by atoms with Crippen LogP contribution in [0.25, 0.3) is 10.8 Å². The van der Waals surface area contributed by atoms with Crippen molar-refractivity contribution in [2.45, 2.75) is 56.3 Å². The summed E-state index contributed by atoms with van der Waals surface area (Å²) in [6.45, 7) is 2.42. The number of nitrogens with zero attached hydrogens (tertiary/aromatic N) is 2. The molecular weight excluding hydrogens is 629 g/mol. The van der Waals surface area contributed by atoms with E-state index in [1.807, 2.05) is 0 Å². The Kier molecular flexibility index (Phi) is 7.79. The van der Waals surface area contributed by atoms with Crippen LogP contribution in [0.3, 0.4) is 0 Å². The molecule has 1 saturated carbocycles. The monoisotopic (exact) mass is 668 g/mol. The maximum absolute atomic E-state index is 10.7. The molecule has 0 bridgehead atoms. The van der Waals surface area contributed by atoms with Crippen LogP contribution < -0.4 is 4.90 Å². The van der Waals surface area contributed by atoms with Gasteiger partial charge in [0.25, 0.3) is 0 Å². The van der Waals surface area contributed by atoms with Crippen LogP contribution in [0.2, 0.25) is 0 Å². The van der Waals surface area contributed by atoms with Gasteiger partial charge < -0.3 is 4.90 Å². The molecule has 9 heteroatoms. The standard InChI is InChI=1S/C38H39N2.F6P/c1-37(27-28-15-6-4-7-16-28)31-19-10-11-20-32(31)39(2)34(37)21-14-22-35-38(25-12-5-13-26-38)36-30-18-9-8-17-29(30)23-24-33(36)40(35)3;1-7(2,3,4,5)6/h4,6-11,14-24H,5,12-13,25-27H2,1-3H3;/q+1;-1. The number of hydrogen-bond donors (Lipinski definition) is 0. The predicted molar refractivity (Wildman–Crippen MR) is 183 cm³/mol. The molecular formula is C38H39F6N2P. The summed E-state index contributed by atoms with van der Waals surface area (Å²) in [6.07, 6.45) is 14.5. The van der Waals surface area contributed by atoms with Gasteiger partial charge in [0.2, 0.25) is 5.69 Å². The third kappa shape index (κ3) is 6.76. The van der Waals surface area contributed by atoms with Crippen molar-refractivity contribution in [3.05, 3.63) is 132 Å². The van der Waals surface area contributed by atoms with E-state index in [9.17, 15) is 25.2 Å². The SMILES string of the molecule is CN1C(=CC=CC2=[N+](C)c3ccc4ccccc4c3C23CCCCC3)C(C)(Cc2ccccc2)c2ccccc21.F[P-](F)(F)(F)(F)F. The van der Waals surface area contributed by atoms with Crippen LogP contribution in [0.5, 0.6) is 0 Å². The first kappa shape index (κ1) is 33.0. The summed E-state index contributed by atoms with van der Waals surface area (Å²) in [5, 5.41) is 2.78. The van der Waals surface area contributed by atoms with Crippen LogP contribution >= 0.6 is 7.81 Å². The molecule has 1 aliphatic carbocycles. The van der Waals surface area contributed by atoms with Crippen LogP contribution in [0.4, 0.5) is 36.6 Å². The van der Waals surface area contributed by atoms with Crippen molar-refractivity contribution in [3.63, 3.8) is 0 Å². The van der Waals surface area contributed by atoms with Crippen molar-refractivity contribution < 1.29 is 29.8 Å². The van der Waals surface area contributed by atoms with E-state index in [-0.39, 0.29) is 10.8 Å². The predicted octanol–water partition coefficient (Wildman–Crippen LogP) is 12.2. The molecule has 1 fully saturated rings. The number of rotatable bonds is 4. The first-order chi connectivity index (χ1) is 22.0. The second-order valence-corrected chi connectivity index (χ2v) is 15.1. The molecule has 1 spiro atoms. The molecule has 47 heavy (non-hydrogen) atoms. The number of fused-ring (bicyclic) bond motifs is 5. The van der Waals surface area contributed by atoms with Crippen molar-refractivity contribution in [2.75, 3.05) is 19.0 Å². The third-order valence-corrected chi connectivity index (χ3v) is 10.0. The second kappa shape index (κ2) is 11.1. The molecule has 2 nitrogen and oxygen atoms in total. The number of hydrogen-bond acceptors (Lipinski definition) is 1. The van der Waals surface area contributed by atoms with E-state index in [1.165, 1.54) is 76.8 Å². The quantitative estimate of drug-likeness (QED) is 0.119. The van der Waals surface area contributed by atoms with Gasteiger partial charge in [-0.1, -0.05) is 98.1 Å². The summed E-state index contributed by atoms with van der Waals surface area (Å²) in [5.74, 6) is 0. The summed E-state index contributed by atoms with van der Waals surface area (Å²) in [5.41, 5.74) is 9.85. The van der Waals surface area contributed by atoms with Gasteiger partial charge in [-0.05, 0) is 66.3 Å². The van der Waals surface area contributed by atoms with Crippen molar-refractivity contribution in [2.24, 2.45) is 0 Å². The Hall–Kier alpha value is -3.90. The van der Waals surface area contributed by atoms with Gasteiger partial charge in [0.1, 0.15) is 7.05 Å². The second-order valence-electron chi connectivity index (χ2n) is 13.2. The van der Waals surface area contributed by atoms with Crippen molar-refractivity contribution in [1.29, 1.82) is 0 Å². The van der Waals surface area contributed by atoms with E-state index >= 15 is 0 Å². The van der Waals surface area contributed by atoms with Crippen LogP contribution in [-0.2, 0) is 17.3 Å². The number of para-hydroxylation sites is 1. The van der Waals surface area contributed by atoms with Gasteiger partial charge in [-0.2, -0.15) is 4.58 Å². The van der Waals surface area contributed by atoms with Gasteiger partial charge >= 0.3 is 33.0 Å². The Balaban J connectivity index is 0.000000499. The third-order valence-electron chi connectivity index (χ3n) is 10.0. The fraction of sp³-hybridized carbons (Fsp3) is 0.289. The van der Waals surface area contributed by atoms with Gasteiger partial charge in [-0.25, -0.2) is 0 Å². The Bertz CT molecular complexity index is 1910. The molecule has 0 amide bonds. The molecule has 7 rings (SSSR count). The molecule has 3 aliphatic rings. The van der Waals surface area contributed by atoms with Gasteiger partial charge in [-0.15, -0.1) is 0 Å². The van der Waals surface area contributed by atoms with Crippen molar-refractivity contribution >= 4 is 35.7 Å². The first-order valence-corrected chi connectivity index (χ1v) is 18.0. The summed E-state index contributed by atoms with van der Waals surface area (Å²) >= 11 is 0. The number of halogens is 6. The normalized spacial score (nSPS) is 22.7. The molecule has 2 aliphatic heterocycles. The minimum absolute atomic E-state index is 0.0923. The topological polar surface area (TPSA) is 6.25 Å². The van der Waals surface area contributed by atoms with Crippen molar-refractivity contribution in [1.82, 2.24) is 0 Å². The number of benzene rings is 4. The zero-order chi connectivity index (χ0) is 33.7. The molecule has 0 radical (unpaired) electrons. The molecule has 1 unspecified atom stereocenters. The van der Waals surface area contributed by atoms with E-state index in [1.54, 1.807) is 5.56 Å². The van der Waals surface area contributed by atoms with E-state index in [0.29, 0.717) is 0 Å². The maximum atomic E-state index is 9.87. The van der Waals surface area contributed by atoms with Crippen molar-refractivity contribution in [3.8, 4) is 0 Å². The Morgan fingerprint density at radius 2 is 1.40 bits per heavy atom. The number of allylic oxidation sites excluding steroid dienone is 4. The molecule has 0 N–H and O–H groups in total. The van der Waals surface area contributed by atoms with Crippen LogP contribution in [0, 0.1) is 0 Å².